The lowest BCUT2D eigenvalue weighted by Gasteiger charge is -2.15. The Morgan fingerprint density at radius 3 is 2.64 bits per heavy atom. The Morgan fingerprint density at radius 2 is 2.07 bits per heavy atom. The molecule has 1 fully saturated rings. The van der Waals surface area contributed by atoms with Gasteiger partial charge in [0.1, 0.15) is 0 Å². The van der Waals surface area contributed by atoms with Crippen molar-refractivity contribution in [2.75, 3.05) is 13.1 Å². The van der Waals surface area contributed by atoms with Gasteiger partial charge in [-0.25, -0.2) is 0 Å². The van der Waals surface area contributed by atoms with Crippen molar-refractivity contribution < 1.29 is 4.79 Å². The van der Waals surface area contributed by atoms with Gasteiger partial charge in [-0.1, -0.05) is 0 Å². The number of hydrogen-bond acceptors (Lipinski definition) is 2. The molecule has 0 saturated carbocycles. The molecule has 1 saturated heterocycles. The van der Waals surface area contributed by atoms with Gasteiger partial charge < -0.3 is 15.2 Å². The smallest absolute Gasteiger partial charge is 0.224 e. The number of nitrogens with two attached hydrogens (primary N) is 1. The molecule has 1 aliphatic rings. The van der Waals surface area contributed by atoms with Gasteiger partial charge in [-0.3, -0.25) is 4.79 Å². The van der Waals surface area contributed by atoms with Crippen LogP contribution in [0.5, 0.6) is 0 Å². The van der Waals surface area contributed by atoms with Gasteiger partial charge >= 0.3 is 0 Å². The van der Waals surface area contributed by atoms with Crippen molar-refractivity contribution >= 4 is 5.91 Å². The van der Waals surface area contributed by atoms with E-state index in [1.807, 2.05) is 29.4 Å². The van der Waals surface area contributed by atoms with Crippen LogP contribution < -0.4 is 5.73 Å². The Labute approximate surface area is 83.3 Å². The van der Waals surface area contributed by atoms with Crippen molar-refractivity contribution in [1.29, 1.82) is 0 Å². The second kappa shape index (κ2) is 3.84. The molecule has 1 aromatic heterocycles. The molecule has 4 heteroatoms. The third kappa shape index (κ3) is 1.96. The summed E-state index contributed by atoms with van der Waals surface area (Å²) in [6, 6.07) is 4.00. The number of rotatable bonds is 3. The second-order valence-corrected chi connectivity index (χ2v) is 3.72. The zero-order valence-corrected chi connectivity index (χ0v) is 8.10. The van der Waals surface area contributed by atoms with E-state index >= 15 is 0 Å². The summed E-state index contributed by atoms with van der Waals surface area (Å²) >= 11 is 0. The first-order valence-corrected chi connectivity index (χ1v) is 4.90. The standard InChI is InChI=1S/C10H15N3O/c11-9-7-10(14)13(8-9)6-5-12-3-1-2-4-12/h1-4,9H,5-8,11H2. The largest absolute Gasteiger partial charge is 0.352 e. The average Bonchev–Trinajstić information content (AvgIpc) is 2.72. The van der Waals surface area contributed by atoms with E-state index in [9.17, 15) is 4.79 Å². The van der Waals surface area contributed by atoms with Crippen LogP contribution >= 0.6 is 0 Å². The highest BCUT2D eigenvalue weighted by atomic mass is 16.2. The number of likely N-dealkylation sites (tertiary alicyclic amines) is 1. The van der Waals surface area contributed by atoms with Crippen molar-refractivity contribution in [3.05, 3.63) is 24.5 Å². The Morgan fingerprint density at radius 1 is 1.36 bits per heavy atom. The van der Waals surface area contributed by atoms with E-state index in [4.69, 9.17) is 5.73 Å². The van der Waals surface area contributed by atoms with Gasteiger partial charge in [0, 0.05) is 44.5 Å². The van der Waals surface area contributed by atoms with Gasteiger partial charge in [0.15, 0.2) is 0 Å². The summed E-state index contributed by atoms with van der Waals surface area (Å²) in [7, 11) is 0. The number of carbonyl (C=O) groups excluding carboxylic acids is 1. The van der Waals surface area contributed by atoms with Crippen molar-refractivity contribution in [3.63, 3.8) is 0 Å². The molecule has 0 spiro atoms. The molecule has 2 N–H and O–H groups in total. The van der Waals surface area contributed by atoms with Gasteiger partial charge in [-0.15, -0.1) is 0 Å². The molecule has 1 atom stereocenters. The first-order valence-electron chi connectivity index (χ1n) is 4.90. The lowest BCUT2D eigenvalue weighted by Crippen LogP contribution is -2.31. The number of amides is 1. The van der Waals surface area contributed by atoms with E-state index in [-0.39, 0.29) is 11.9 Å². The number of hydrogen-bond donors (Lipinski definition) is 1. The maximum atomic E-state index is 11.4. The van der Waals surface area contributed by atoms with Crippen molar-refractivity contribution in [2.45, 2.75) is 19.0 Å². The Hall–Kier alpha value is -1.29. The molecule has 2 heterocycles. The molecule has 1 amide bonds. The minimum Gasteiger partial charge on any atom is -0.352 e. The SMILES string of the molecule is NC1CC(=O)N(CCn2cccc2)C1. The van der Waals surface area contributed by atoms with Crippen LogP contribution in [0.15, 0.2) is 24.5 Å². The van der Waals surface area contributed by atoms with E-state index in [0.29, 0.717) is 13.0 Å². The Bertz CT molecular complexity index is 307. The minimum atomic E-state index is 0.0344. The number of nitrogens with zero attached hydrogens (tertiary/aromatic N) is 2. The molecule has 76 valence electrons. The quantitative estimate of drug-likeness (QED) is 0.737. The molecule has 0 aromatic carbocycles. The summed E-state index contributed by atoms with van der Waals surface area (Å²) in [4.78, 5) is 13.2. The molecule has 1 unspecified atom stereocenters. The Balaban J connectivity index is 1.84. The van der Waals surface area contributed by atoms with E-state index < -0.39 is 0 Å². The van der Waals surface area contributed by atoms with Crippen LogP contribution in [0.2, 0.25) is 0 Å². The first-order chi connectivity index (χ1) is 6.75. The van der Waals surface area contributed by atoms with Gasteiger partial charge in [0.2, 0.25) is 5.91 Å². The summed E-state index contributed by atoms with van der Waals surface area (Å²) in [5, 5.41) is 0. The molecule has 0 radical (unpaired) electrons. The summed E-state index contributed by atoms with van der Waals surface area (Å²) in [5.74, 6) is 0.185. The topological polar surface area (TPSA) is 51.3 Å². The van der Waals surface area contributed by atoms with Gasteiger partial charge in [0.05, 0.1) is 0 Å². The van der Waals surface area contributed by atoms with Crippen LogP contribution in [-0.4, -0.2) is 34.5 Å². The maximum absolute atomic E-state index is 11.4. The average molecular weight is 193 g/mol. The highest BCUT2D eigenvalue weighted by Gasteiger charge is 2.25. The minimum absolute atomic E-state index is 0.0344. The lowest BCUT2D eigenvalue weighted by atomic mass is 10.3. The van der Waals surface area contributed by atoms with E-state index in [1.54, 1.807) is 0 Å². The van der Waals surface area contributed by atoms with E-state index in [1.165, 1.54) is 0 Å². The number of carbonyl (C=O) groups is 1. The van der Waals surface area contributed by atoms with Crippen molar-refractivity contribution in [2.24, 2.45) is 5.73 Å². The number of aromatic nitrogens is 1. The van der Waals surface area contributed by atoms with Crippen LogP contribution in [0.4, 0.5) is 0 Å². The second-order valence-electron chi connectivity index (χ2n) is 3.72. The van der Waals surface area contributed by atoms with Crippen LogP contribution in [0.3, 0.4) is 0 Å². The zero-order chi connectivity index (χ0) is 9.97. The summed E-state index contributed by atoms with van der Waals surface area (Å²) in [6.45, 7) is 2.33. The van der Waals surface area contributed by atoms with Crippen LogP contribution in [0.1, 0.15) is 6.42 Å². The molecule has 0 bridgehead atoms. The Kier molecular flexibility index (Phi) is 2.54. The zero-order valence-electron chi connectivity index (χ0n) is 8.10. The molecule has 1 aliphatic heterocycles. The van der Waals surface area contributed by atoms with Gasteiger partial charge in [-0.2, -0.15) is 0 Å². The summed E-state index contributed by atoms with van der Waals surface area (Å²) in [6.07, 6.45) is 4.51. The third-order valence-electron chi connectivity index (χ3n) is 2.54. The molecular weight excluding hydrogens is 178 g/mol. The van der Waals surface area contributed by atoms with Crippen molar-refractivity contribution in [3.8, 4) is 0 Å². The van der Waals surface area contributed by atoms with Crippen LogP contribution in [0.25, 0.3) is 0 Å². The molecule has 2 rings (SSSR count). The lowest BCUT2D eigenvalue weighted by molar-refractivity contribution is -0.127. The van der Waals surface area contributed by atoms with Gasteiger partial charge in [-0.05, 0) is 12.1 Å². The first kappa shape index (κ1) is 9.27. The maximum Gasteiger partial charge on any atom is 0.224 e. The normalized spacial score (nSPS) is 21.9. The predicted molar refractivity (Wildman–Crippen MR) is 53.6 cm³/mol. The molecule has 14 heavy (non-hydrogen) atoms. The summed E-state index contributed by atoms with van der Waals surface area (Å²) in [5.41, 5.74) is 5.70. The van der Waals surface area contributed by atoms with Crippen LogP contribution in [0, 0.1) is 0 Å². The highest BCUT2D eigenvalue weighted by Crippen LogP contribution is 2.08. The molecular formula is C10H15N3O. The monoisotopic (exact) mass is 193 g/mol. The van der Waals surface area contributed by atoms with Crippen LogP contribution in [-0.2, 0) is 11.3 Å². The fraction of sp³-hybridized carbons (Fsp3) is 0.500. The molecule has 1 aromatic rings. The fourth-order valence-corrected chi connectivity index (χ4v) is 1.77. The predicted octanol–water partition coefficient (Wildman–Crippen LogP) is 0.0477. The van der Waals surface area contributed by atoms with Crippen molar-refractivity contribution in [1.82, 2.24) is 9.47 Å². The molecule has 0 aliphatic carbocycles. The third-order valence-corrected chi connectivity index (χ3v) is 2.54. The summed E-state index contributed by atoms with van der Waals surface area (Å²) < 4.78 is 2.07. The van der Waals surface area contributed by atoms with E-state index in [0.717, 1.165) is 13.1 Å². The van der Waals surface area contributed by atoms with Gasteiger partial charge in [0.25, 0.3) is 0 Å². The highest BCUT2D eigenvalue weighted by molar-refractivity contribution is 5.79. The van der Waals surface area contributed by atoms with E-state index in [2.05, 4.69) is 4.57 Å². The fourth-order valence-electron chi connectivity index (χ4n) is 1.77. The molecule has 4 nitrogen and oxygen atoms in total.